The van der Waals surface area contributed by atoms with E-state index in [0.29, 0.717) is 0 Å². The first-order valence-corrected chi connectivity index (χ1v) is 6.39. The third-order valence-electron chi connectivity index (χ3n) is 2.02. The Balaban J connectivity index is 4.13. The van der Waals surface area contributed by atoms with Gasteiger partial charge in [-0.15, -0.1) is 0 Å². The molecule has 0 saturated heterocycles. The molecular weight excluding hydrogens is 190 g/mol. The van der Waals surface area contributed by atoms with Crippen LogP contribution in [0.5, 0.6) is 0 Å². The molecule has 72 valence electrons. The first-order valence-electron chi connectivity index (χ1n) is 4.06. The standard InChI is InChI=1S/C8H12F2N2Si/c1-7(13(2,9)10)5-8(6-12)3-4-11/h7-8H,3,5H2,1-2H3. The number of nitriles is 2. The molecule has 2 nitrogen and oxygen atoms in total. The molecule has 13 heavy (non-hydrogen) atoms. The molecule has 0 fully saturated rings. The number of nitrogens with zero attached hydrogens (tertiary/aromatic N) is 2. The number of hydrogen-bond acceptors (Lipinski definition) is 2. The minimum absolute atomic E-state index is 0.0469. The Morgan fingerprint density at radius 3 is 2.23 bits per heavy atom. The minimum Gasteiger partial charge on any atom is -0.270 e. The summed E-state index contributed by atoms with van der Waals surface area (Å²) in [6.07, 6.45) is 0.186. The van der Waals surface area contributed by atoms with E-state index < -0.39 is 20.2 Å². The van der Waals surface area contributed by atoms with Crippen LogP contribution >= 0.6 is 0 Å². The molecule has 0 N–H and O–H groups in total. The van der Waals surface area contributed by atoms with Crippen molar-refractivity contribution in [1.82, 2.24) is 0 Å². The van der Waals surface area contributed by atoms with Gasteiger partial charge in [-0.25, -0.2) is 0 Å². The first kappa shape index (κ1) is 12.1. The lowest BCUT2D eigenvalue weighted by molar-refractivity contribution is 0.509. The van der Waals surface area contributed by atoms with Crippen LogP contribution in [-0.2, 0) is 0 Å². The van der Waals surface area contributed by atoms with Crippen LogP contribution in [0, 0.1) is 28.6 Å². The van der Waals surface area contributed by atoms with E-state index in [1.807, 2.05) is 12.1 Å². The topological polar surface area (TPSA) is 47.6 Å². The summed E-state index contributed by atoms with van der Waals surface area (Å²) in [5.74, 6) is -0.543. The molecular formula is C8H12F2N2Si. The predicted octanol–water partition coefficient (Wildman–Crippen LogP) is 2.83. The van der Waals surface area contributed by atoms with Crippen LogP contribution < -0.4 is 0 Å². The molecule has 0 aromatic heterocycles. The van der Waals surface area contributed by atoms with Crippen molar-refractivity contribution in [3.63, 3.8) is 0 Å². The van der Waals surface area contributed by atoms with E-state index in [-0.39, 0.29) is 12.8 Å². The zero-order valence-electron chi connectivity index (χ0n) is 7.72. The van der Waals surface area contributed by atoms with Crippen molar-refractivity contribution in [1.29, 1.82) is 10.5 Å². The van der Waals surface area contributed by atoms with Gasteiger partial charge < -0.3 is 0 Å². The average molecular weight is 202 g/mol. The Hall–Kier alpha value is -0.943. The van der Waals surface area contributed by atoms with Crippen molar-refractivity contribution in [2.75, 3.05) is 0 Å². The number of rotatable bonds is 4. The lowest BCUT2D eigenvalue weighted by atomic mass is 10.0. The summed E-state index contributed by atoms with van der Waals surface area (Å²) in [7, 11) is -4.13. The van der Waals surface area contributed by atoms with E-state index in [1.54, 1.807) is 0 Å². The van der Waals surface area contributed by atoms with E-state index in [0.717, 1.165) is 6.55 Å². The van der Waals surface area contributed by atoms with Gasteiger partial charge in [-0.2, -0.15) is 10.5 Å². The molecule has 0 aliphatic rings. The molecule has 0 aliphatic heterocycles. The number of hydrogen-bond donors (Lipinski definition) is 0. The van der Waals surface area contributed by atoms with E-state index in [1.165, 1.54) is 6.92 Å². The van der Waals surface area contributed by atoms with Gasteiger partial charge in [0.1, 0.15) is 0 Å². The highest BCUT2D eigenvalue weighted by Crippen LogP contribution is 2.31. The summed E-state index contributed by atoms with van der Waals surface area (Å²) in [5, 5.41) is 16.8. The molecule has 0 heterocycles. The molecule has 0 aromatic rings. The summed E-state index contributed by atoms with van der Waals surface area (Å²) in [5.41, 5.74) is -0.717. The molecule has 0 aromatic carbocycles. The van der Waals surface area contributed by atoms with Crippen molar-refractivity contribution < 1.29 is 8.22 Å². The van der Waals surface area contributed by atoms with Gasteiger partial charge in [0.2, 0.25) is 0 Å². The van der Waals surface area contributed by atoms with Gasteiger partial charge in [0, 0.05) is 5.54 Å². The van der Waals surface area contributed by atoms with Crippen molar-refractivity contribution >= 4 is 8.74 Å². The normalized spacial score (nSPS) is 15.5. The highest BCUT2D eigenvalue weighted by Gasteiger charge is 2.37. The Labute approximate surface area is 78.1 Å². The molecule has 0 aliphatic carbocycles. The summed E-state index contributed by atoms with van der Waals surface area (Å²) in [6.45, 7) is 2.42. The highest BCUT2D eigenvalue weighted by atomic mass is 28.4. The fourth-order valence-corrected chi connectivity index (χ4v) is 1.62. The largest absolute Gasteiger partial charge is 0.424 e. The van der Waals surface area contributed by atoms with Crippen molar-refractivity contribution in [3.05, 3.63) is 0 Å². The van der Waals surface area contributed by atoms with E-state index in [4.69, 9.17) is 10.5 Å². The zero-order valence-corrected chi connectivity index (χ0v) is 8.72. The van der Waals surface area contributed by atoms with Crippen LogP contribution in [0.1, 0.15) is 19.8 Å². The van der Waals surface area contributed by atoms with Crippen LogP contribution in [0.3, 0.4) is 0 Å². The number of halogens is 2. The summed E-state index contributed by atoms with van der Waals surface area (Å²) in [4.78, 5) is 0. The van der Waals surface area contributed by atoms with Crippen LogP contribution in [0.2, 0.25) is 12.1 Å². The van der Waals surface area contributed by atoms with Crippen molar-refractivity contribution in [2.24, 2.45) is 5.92 Å². The van der Waals surface area contributed by atoms with Gasteiger partial charge in [-0.1, -0.05) is 6.92 Å². The molecule has 0 rings (SSSR count). The SMILES string of the molecule is CC(CC(C#N)CC#N)[Si](C)(F)F. The van der Waals surface area contributed by atoms with Crippen LogP contribution in [0.15, 0.2) is 0 Å². The summed E-state index contributed by atoms with van der Waals surface area (Å²) in [6, 6.07) is 3.70. The van der Waals surface area contributed by atoms with Gasteiger partial charge in [-0.05, 0) is 13.0 Å². The monoisotopic (exact) mass is 202 g/mol. The molecule has 2 atom stereocenters. The van der Waals surface area contributed by atoms with Gasteiger partial charge in [-0.3, -0.25) is 8.22 Å². The van der Waals surface area contributed by atoms with Crippen molar-refractivity contribution in [3.8, 4) is 12.1 Å². The maximum atomic E-state index is 12.8. The second kappa shape index (κ2) is 4.93. The Bertz CT molecular complexity index is 236. The van der Waals surface area contributed by atoms with Crippen molar-refractivity contribution in [2.45, 2.75) is 31.9 Å². The zero-order chi connectivity index (χ0) is 10.5. The lowest BCUT2D eigenvalue weighted by Crippen LogP contribution is -2.24. The molecule has 0 spiro atoms. The van der Waals surface area contributed by atoms with Crippen LogP contribution in [0.25, 0.3) is 0 Å². The Morgan fingerprint density at radius 1 is 1.38 bits per heavy atom. The third-order valence-corrected chi connectivity index (χ3v) is 3.99. The van der Waals surface area contributed by atoms with E-state index in [9.17, 15) is 8.22 Å². The summed E-state index contributed by atoms with van der Waals surface area (Å²) >= 11 is 0. The molecule has 5 heteroatoms. The van der Waals surface area contributed by atoms with Gasteiger partial charge in [0.15, 0.2) is 0 Å². The molecule has 0 saturated carbocycles. The Morgan fingerprint density at radius 2 is 1.92 bits per heavy atom. The van der Waals surface area contributed by atoms with Gasteiger partial charge in [0.05, 0.1) is 24.5 Å². The smallest absolute Gasteiger partial charge is 0.270 e. The maximum absolute atomic E-state index is 12.8. The lowest BCUT2D eigenvalue weighted by Gasteiger charge is -2.17. The minimum atomic E-state index is -4.13. The van der Waals surface area contributed by atoms with E-state index in [2.05, 4.69) is 0 Å². The molecule has 0 bridgehead atoms. The fraction of sp³-hybridized carbons (Fsp3) is 0.750. The molecule has 0 radical (unpaired) electrons. The van der Waals surface area contributed by atoms with Gasteiger partial charge >= 0.3 is 8.74 Å². The maximum Gasteiger partial charge on any atom is 0.424 e. The second-order valence-electron chi connectivity index (χ2n) is 3.28. The second-order valence-corrected chi connectivity index (χ2v) is 6.18. The summed E-state index contributed by atoms with van der Waals surface area (Å²) < 4.78 is 25.6. The van der Waals surface area contributed by atoms with Gasteiger partial charge in [0.25, 0.3) is 0 Å². The first-order chi connectivity index (χ1) is 5.91. The average Bonchev–Trinajstić information content (AvgIpc) is 2.01. The quantitative estimate of drug-likeness (QED) is 0.520. The van der Waals surface area contributed by atoms with Crippen LogP contribution in [-0.4, -0.2) is 8.74 Å². The molecule has 0 amide bonds. The Kier molecular flexibility index (Phi) is 4.57. The highest BCUT2D eigenvalue weighted by molar-refractivity contribution is 6.66. The van der Waals surface area contributed by atoms with Crippen LogP contribution in [0.4, 0.5) is 8.22 Å². The fourth-order valence-electron chi connectivity index (χ4n) is 0.926. The molecule has 2 unspecified atom stereocenters. The third kappa shape index (κ3) is 4.59. The predicted molar refractivity (Wildman–Crippen MR) is 47.2 cm³/mol. The van der Waals surface area contributed by atoms with E-state index >= 15 is 0 Å².